The number of nitrogens with zero attached hydrogens (tertiary/aromatic N) is 5. The third kappa shape index (κ3) is 7.40. The topological polar surface area (TPSA) is 106 Å². The van der Waals surface area contributed by atoms with Crippen LogP contribution < -0.4 is 4.74 Å². The van der Waals surface area contributed by atoms with Crippen LogP contribution in [0.3, 0.4) is 0 Å². The monoisotopic (exact) mass is 721 g/mol. The van der Waals surface area contributed by atoms with Gasteiger partial charge in [0, 0.05) is 39.1 Å². The number of rotatable bonds is 11. The number of ether oxygens (including phenoxy) is 4. The molecule has 0 radical (unpaired) electrons. The second-order valence-electron chi connectivity index (χ2n) is 15.9. The Balaban J connectivity index is 1.32. The van der Waals surface area contributed by atoms with Crippen LogP contribution >= 0.6 is 11.6 Å². The number of halogens is 1. The first-order chi connectivity index (χ1) is 23.1. The summed E-state index contributed by atoms with van der Waals surface area (Å²) >= 11 is 6.94. The number of hydrogen-bond acceptors (Lipinski definition) is 8. The van der Waals surface area contributed by atoms with E-state index in [4.69, 9.17) is 40.0 Å². The van der Waals surface area contributed by atoms with Gasteiger partial charge in [0.15, 0.2) is 14.4 Å². The lowest BCUT2D eigenvalue weighted by Crippen LogP contribution is -2.47. The van der Waals surface area contributed by atoms with Gasteiger partial charge in [-0.1, -0.05) is 76.3 Å². The van der Waals surface area contributed by atoms with Crippen molar-refractivity contribution < 1.29 is 23.4 Å². The highest BCUT2D eigenvalue weighted by molar-refractivity contribution is 6.76. The Morgan fingerprint density at radius 1 is 1.00 bits per heavy atom. The summed E-state index contributed by atoms with van der Waals surface area (Å²) in [5.41, 5.74) is 4.97. The molecule has 2 saturated heterocycles. The third-order valence-corrected chi connectivity index (χ3v) is 16.4. The van der Waals surface area contributed by atoms with Crippen LogP contribution in [0.25, 0.3) is 33.4 Å². The average molecular weight is 722 g/mol. The Kier molecular flexibility index (Phi) is 9.93. The summed E-state index contributed by atoms with van der Waals surface area (Å²) in [6.07, 6.45) is 2.62. The van der Waals surface area contributed by atoms with E-state index in [1.807, 2.05) is 54.3 Å². The summed E-state index contributed by atoms with van der Waals surface area (Å²) in [5.74, 6) is 0.379. The molecule has 5 heterocycles. The summed E-state index contributed by atoms with van der Waals surface area (Å²) in [6, 6.07) is 13.3. The zero-order valence-corrected chi connectivity index (χ0v) is 32.8. The zero-order valence-electron chi connectivity index (χ0n) is 30.0. The molecule has 4 atom stereocenters. The maximum absolute atomic E-state index is 10.6. The third-order valence-electron chi connectivity index (χ3n) is 9.95. The van der Waals surface area contributed by atoms with Crippen molar-refractivity contribution in [2.75, 3.05) is 19.8 Å². The van der Waals surface area contributed by atoms with Crippen molar-refractivity contribution in [3.8, 4) is 34.3 Å². The molecular formula is C36H48ClN5O5Si2. The highest BCUT2D eigenvalue weighted by Gasteiger charge is 2.52. The molecule has 0 saturated carbocycles. The molecule has 0 spiro atoms. The van der Waals surface area contributed by atoms with E-state index in [0.717, 1.165) is 22.7 Å². The van der Waals surface area contributed by atoms with Crippen LogP contribution in [0.1, 0.15) is 26.3 Å². The van der Waals surface area contributed by atoms with E-state index in [1.54, 1.807) is 4.68 Å². The van der Waals surface area contributed by atoms with Crippen molar-refractivity contribution in [2.45, 2.75) is 95.7 Å². The summed E-state index contributed by atoms with van der Waals surface area (Å²) in [7, 11) is -1.48. The molecule has 6 rings (SSSR count). The van der Waals surface area contributed by atoms with E-state index in [2.05, 4.69) is 64.7 Å². The van der Waals surface area contributed by atoms with Gasteiger partial charge in [-0.05, 0) is 35.8 Å². The van der Waals surface area contributed by atoms with E-state index >= 15 is 0 Å². The molecule has 0 N–H and O–H groups in total. The van der Waals surface area contributed by atoms with Crippen LogP contribution in [0, 0.1) is 11.3 Å². The van der Waals surface area contributed by atoms with Gasteiger partial charge in [0.1, 0.15) is 36.1 Å². The molecule has 2 fully saturated rings. The first-order valence-electron chi connectivity index (χ1n) is 16.9. The molecule has 2 aliphatic heterocycles. The van der Waals surface area contributed by atoms with Gasteiger partial charge in [0.25, 0.3) is 0 Å². The van der Waals surface area contributed by atoms with E-state index in [1.165, 1.54) is 0 Å². The minimum atomic E-state index is -2.05. The fraction of sp³-hybridized carbons (Fsp3) is 0.528. The predicted molar refractivity (Wildman–Crippen MR) is 197 cm³/mol. The number of fused-ring (bicyclic) bond motifs is 2. The van der Waals surface area contributed by atoms with Crippen LogP contribution in [0.4, 0.5) is 0 Å². The van der Waals surface area contributed by atoms with Gasteiger partial charge in [-0.2, -0.15) is 10.4 Å². The first-order valence-corrected chi connectivity index (χ1v) is 23.9. The van der Waals surface area contributed by atoms with E-state index in [9.17, 15) is 5.26 Å². The number of aromatic nitrogens is 4. The van der Waals surface area contributed by atoms with E-state index < -0.39 is 22.5 Å². The molecule has 10 nitrogen and oxygen atoms in total. The van der Waals surface area contributed by atoms with Gasteiger partial charge in [0.05, 0.1) is 41.7 Å². The normalized spacial score (nSPS) is 21.3. The number of aryl methyl sites for hydroxylation is 1. The largest absolute Gasteiger partial charge is 0.469 e. The number of hydrogen-bond donors (Lipinski definition) is 0. The van der Waals surface area contributed by atoms with E-state index in [0.29, 0.717) is 53.0 Å². The maximum Gasteiger partial charge on any atom is 0.217 e. The van der Waals surface area contributed by atoms with Crippen LogP contribution in [0.2, 0.25) is 48.8 Å². The van der Waals surface area contributed by atoms with Gasteiger partial charge < -0.3 is 23.4 Å². The minimum Gasteiger partial charge on any atom is -0.469 e. The maximum atomic E-state index is 10.6. The molecule has 4 aromatic rings. The number of pyridine rings is 1. The van der Waals surface area contributed by atoms with E-state index in [-0.39, 0.29) is 30.1 Å². The summed E-state index contributed by atoms with van der Waals surface area (Å²) in [6.45, 7) is 19.7. The smallest absolute Gasteiger partial charge is 0.217 e. The molecule has 1 aromatic carbocycles. The lowest BCUT2D eigenvalue weighted by molar-refractivity contribution is 0.00849. The van der Waals surface area contributed by atoms with Crippen LogP contribution in [0.15, 0.2) is 42.7 Å². The lowest BCUT2D eigenvalue weighted by Gasteiger charge is -2.39. The van der Waals surface area contributed by atoms with Crippen LogP contribution in [-0.2, 0) is 32.4 Å². The second-order valence-corrected chi connectivity index (χ2v) is 26.7. The summed E-state index contributed by atoms with van der Waals surface area (Å²) in [5, 5.41) is 15.4. The van der Waals surface area contributed by atoms with Crippen molar-refractivity contribution in [2.24, 2.45) is 7.05 Å². The highest BCUT2D eigenvalue weighted by Crippen LogP contribution is 2.42. The molecule has 3 aromatic heterocycles. The second kappa shape index (κ2) is 13.6. The SMILES string of the molecule is Cn1cc(-c2ccc(-c3nc4c(C#N)c(O[C@@H]5CO[C@@H]6C(O[Si](C)(C)C(C)(C)C)CO[C@@H]65)n(COCC[Si](C)(C)C)c4cc3Cl)cc2)cn1. The van der Waals surface area contributed by atoms with Crippen molar-refractivity contribution in [1.82, 2.24) is 19.3 Å². The molecule has 1 unspecified atom stereocenters. The number of nitriles is 1. The molecule has 2 aliphatic rings. The van der Waals surface area contributed by atoms with Crippen molar-refractivity contribution in [3.05, 3.63) is 53.3 Å². The Labute approximate surface area is 296 Å². The summed E-state index contributed by atoms with van der Waals surface area (Å²) < 4.78 is 35.9. The molecule has 0 aliphatic carbocycles. The number of benzene rings is 1. The minimum absolute atomic E-state index is 0.0618. The molecule has 0 bridgehead atoms. The molecule has 49 heavy (non-hydrogen) atoms. The quantitative estimate of drug-likeness (QED) is 0.114. The van der Waals surface area contributed by atoms with Gasteiger partial charge in [-0.3, -0.25) is 9.25 Å². The Morgan fingerprint density at radius 2 is 1.65 bits per heavy atom. The summed E-state index contributed by atoms with van der Waals surface area (Å²) in [4.78, 5) is 4.99. The lowest BCUT2D eigenvalue weighted by atomic mass is 10.0. The fourth-order valence-corrected chi connectivity index (χ4v) is 8.35. The average Bonchev–Trinajstić information content (AvgIpc) is 3.79. The first kappa shape index (κ1) is 35.8. The van der Waals surface area contributed by atoms with Crippen molar-refractivity contribution >= 4 is 39.0 Å². The standard InChI is InChI=1S/C36H48ClN5O5Si2/c1-36(2,3)49(8,9)47-30-21-45-33-29(20-44-34(30)33)46-35-26(17-38)32-28(42(35)22-43-14-15-48(5,6)7)16-27(37)31(40-32)24-12-10-23(11-13-24)25-18-39-41(4)19-25/h10-13,16,18-19,29-30,33-34H,14-15,20-22H2,1-9H3/t29-,30?,33-,34-/m1/s1. The van der Waals surface area contributed by atoms with Crippen molar-refractivity contribution in [3.63, 3.8) is 0 Å². The van der Waals surface area contributed by atoms with Gasteiger partial charge in [0.2, 0.25) is 5.88 Å². The van der Waals surface area contributed by atoms with Crippen LogP contribution in [-0.4, -0.2) is 80.0 Å². The highest BCUT2D eigenvalue weighted by atomic mass is 35.5. The molecule has 0 amide bonds. The Hall–Kier alpha value is -3.03. The van der Waals surface area contributed by atoms with Gasteiger partial charge in [-0.15, -0.1) is 0 Å². The predicted octanol–water partition coefficient (Wildman–Crippen LogP) is 7.88. The van der Waals surface area contributed by atoms with Crippen LogP contribution in [0.5, 0.6) is 5.88 Å². The fourth-order valence-electron chi connectivity index (χ4n) is 6.02. The molecule has 262 valence electrons. The molecular weight excluding hydrogens is 674 g/mol. The van der Waals surface area contributed by atoms with Gasteiger partial charge >= 0.3 is 0 Å². The molecule has 13 heteroatoms. The Morgan fingerprint density at radius 3 is 2.27 bits per heavy atom. The van der Waals surface area contributed by atoms with Crippen molar-refractivity contribution in [1.29, 1.82) is 5.26 Å². The zero-order chi connectivity index (χ0) is 35.3. The Bertz CT molecular complexity index is 1850. The van der Waals surface area contributed by atoms with Gasteiger partial charge in [-0.25, -0.2) is 4.98 Å².